The lowest BCUT2D eigenvalue weighted by Gasteiger charge is -2.10. The van der Waals surface area contributed by atoms with E-state index >= 15 is 0 Å². The molecule has 0 saturated carbocycles. The molecule has 2 aliphatic heterocycles. The summed E-state index contributed by atoms with van der Waals surface area (Å²) in [5.74, 6) is -0.483. The molecule has 0 aromatic carbocycles. The van der Waals surface area contributed by atoms with Gasteiger partial charge in [0.2, 0.25) is 5.91 Å². The highest BCUT2D eigenvalue weighted by molar-refractivity contribution is 5.80. The molecule has 62 valence electrons. The van der Waals surface area contributed by atoms with Crippen molar-refractivity contribution in [3.8, 4) is 0 Å². The smallest absolute Gasteiger partial charge is 0.249 e. The zero-order valence-corrected chi connectivity index (χ0v) is 5.86. The molecule has 0 aromatic heterocycles. The summed E-state index contributed by atoms with van der Waals surface area (Å²) in [5, 5.41) is 0. The quantitative estimate of drug-likeness (QED) is 0.511. The highest BCUT2D eigenvalue weighted by Crippen LogP contribution is 2.25. The van der Waals surface area contributed by atoms with E-state index in [4.69, 9.17) is 19.9 Å². The maximum absolute atomic E-state index is 10.7. The molecule has 2 N–H and O–H groups in total. The lowest BCUT2D eigenvalue weighted by atomic mass is 10.1. The van der Waals surface area contributed by atoms with Crippen LogP contribution in [0.15, 0.2) is 0 Å². The Kier molecular flexibility index (Phi) is 1.56. The van der Waals surface area contributed by atoms with Gasteiger partial charge in [0.15, 0.2) is 6.10 Å². The van der Waals surface area contributed by atoms with E-state index in [0.29, 0.717) is 6.61 Å². The molecule has 0 radical (unpaired) electrons. The van der Waals surface area contributed by atoms with Gasteiger partial charge >= 0.3 is 0 Å². The van der Waals surface area contributed by atoms with Crippen molar-refractivity contribution in [3.05, 3.63) is 0 Å². The molecule has 5 heteroatoms. The predicted molar refractivity (Wildman–Crippen MR) is 33.5 cm³/mol. The van der Waals surface area contributed by atoms with E-state index < -0.39 is 12.0 Å². The largest absolute Gasteiger partial charge is 0.367 e. The lowest BCUT2D eigenvalue weighted by molar-refractivity contribution is -0.133. The maximum Gasteiger partial charge on any atom is 0.249 e. The van der Waals surface area contributed by atoms with Gasteiger partial charge in [0.25, 0.3) is 0 Å². The molecule has 2 rings (SSSR count). The lowest BCUT2D eigenvalue weighted by Crippen LogP contribution is -2.38. The first-order valence-electron chi connectivity index (χ1n) is 3.43. The zero-order valence-electron chi connectivity index (χ0n) is 5.86. The number of fused-ring (bicyclic) bond motifs is 1. The number of ether oxygens (including phenoxy) is 3. The van der Waals surface area contributed by atoms with Crippen LogP contribution >= 0.6 is 0 Å². The molecule has 2 saturated heterocycles. The van der Waals surface area contributed by atoms with E-state index in [-0.39, 0.29) is 19.0 Å². The van der Waals surface area contributed by atoms with Crippen molar-refractivity contribution in [2.75, 3.05) is 13.4 Å². The Bertz CT molecular complexity index is 183. The molecular formula is C6H9NO4. The van der Waals surface area contributed by atoms with Crippen molar-refractivity contribution >= 4 is 5.91 Å². The van der Waals surface area contributed by atoms with E-state index in [1.54, 1.807) is 0 Å². The molecule has 3 atom stereocenters. The van der Waals surface area contributed by atoms with Gasteiger partial charge in [-0.05, 0) is 0 Å². The maximum atomic E-state index is 10.7. The van der Waals surface area contributed by atoms with E-state index in [9.17, 15) is 4.79 Å². The summed E-state index contributed by atoms with van der Waals surface area (Å²) < 4.78 is 15.3. The van der Waals surface area contributed by atoms with Crippen LogP contribution < -0.4 is 5.73 Å². The summed E-state index contributed by atoms with van der Waals surface area (Å²) in [5.41, 5.74) is 5.05. The Morgan fingerprint density at radius 1 is 1.36 bits per heavy atom. The summed E-state index contributed by atoms with van der Waals surface area (Å²) >= 11 is 0. The molecule has 5 nitrogen and oxygen atoms in total. The summed E-state index contributed by atoms with van der Waals surface area (Å²) in [4.78, 5) is 10.7. The standard InChI is InChI=1S/C6H9NO4/c7-6(8)5-4-3(1-9-5)10-2-11-4/h3-5H,1-2H2,(H2,7,8). The van der Waals surface area contributed by atoms with Crippen LogP contribution in [0.2, 0.25) is 0 Å². The molecule has 0 aromatic rings. The monoisotopic (exact) mass is 159 g/mol. The molecule has 2 fully saturated rings. The minimum absolute atomic E-state index is 0.104. The average Bonchev–Trinajstić information content (AvgIpc) is 2.41. The van der Waals surface area contributed by atoms with Crippen LogP contribution in [0.3, 0.4) is 0 Å². The van der Waals surface area contributed by atoms with Crippen molar-refractivity contribution in [3.63, 3.8) is 0 Å². The third kappa shape index (κ3) is 1.01. The molecule has 0 spiro atoms. The van der Waals surface area contributed by atoms with Crippen LogP contribution in [-0.2, 0) is 19.0 Å². The Morgan fingerprint density at radius 2 is 2.18 bits per heavy atom. The second kappa shape index (κ2) is 2.44. The van der Waals surface area contributed by atoms with Gasteiger partial charge in [-0.15, -0.1) is 0 Å². The van der Waals surface area contributed by atoms with Crippen LogP contribution in [0.1, 0.15) is 0 Å². The average molecular weight is 159 g/mol. The Hall–Kier alpha value is -0.650. The number of carbonyl (C=O) groups is 1. The molecule has 2 heterocycles. The number of amides is 1. The van der Waals surface area contributed by atoms with Crippen molar-refractivity contribution in [1.82, 2.24) is 0 Å². The van der Waals surface area contributed by atoms with Gasteiger partial charge in [-0.3, -0.25) is 4.79 Å². The fourth-order valence-corrected chi connectivity index (χ4v) is 1.37. The highest BCUT2D eigenvalue weighted by Gasteiger charge is 2.45. The third-order valence-electron chi connectivity index (χ3n) is 1.93. The summed E-state index contributed by atoms with van der Waals surface area (Å²) in [6.45, 7) is 0.640. The minimum Gasteiger partial charge on any atom is -0.367 e. The molecule has 0 aliphatic carbocycles. The number of carbonyl (C=O) groups excluding carboxylic acids is 1. The number of nitrogens with two attached hydrogens (primary N) is 1. The van der Waals surface area contributed by atoms with Crippen molar-refractivity contribution < 1.29 is 19.0 Å². The van der Waals surface area contributed by atoms with Crippen LogP contribution in [0.4, 0.5) is 0 Å². The van der Waals surface area contributed by atoms with Crippen molar-refractivity contribution in [1.29, 1.82) is 0 Å². The SMILES string of the molecule is NC(=O)C1OCC2OCOC21. The van der Waals surface area contributed by atoms with Gasteiger partial charge in [-0.25, -0.2) is 0 Å². The van der Waals surface area contributed by atoms with Gasteiger partial charge < -0.3 is 19.9 Å². The van der Waals surface area contributed by atoms with Crippen molar-refractivity contribution in [2.24, 2.45) is 5.73 Å². The van der Waals surface area contributed by atoms with Gasteiger partial charge in [0.1, 0.15) is 19.0 Å². The number of hydrogen-bond acceptors (Lipinski definition) is 4. The normalized spacial score (nSPS) is 42.4. The fourth-order valence-electron chi connectivity index (χ4n) is 1.37. The first-order chi connectivity index (χ1) is 5.29. The van der Waals surface area contributed by atoms with Gasteiger partial charge in [0, 0.05) is 0 Å². The third-order valence-corrected chi connectivity index (χ3v) is 1.93. The van der Waals surface area contributed by atoms with Crippen LogP contribution in [-0.4, -0.2) is 37.6 Å². The van der Waals surface area contributed by atoms with Gasteiger partial charge in [0.05, 0.1) is 6.61 Å². The highest BCUT2D eigenvalue weighted by atomic mass is 16.7. The zero-order chi connectivity index (χ0) is 7.84. The molecule has 1 amide bonds. The van der Waals surface area contributed by atoms with E-state index in [1.165, 1.54) is 0 Å². The molecule has 2 aliphatic rings. The Morgan fingerprint density at radius 3 is 2.91 bits per heavy atom. The summed E-state index contributed by atoms with van der Waals surface area (Å²) in [6, 6.07) is 0. The molecule has 0 bridgehead atoms. The van der Waals surface area contributed by atoms with Crippen LogP contribution in [0, 0.1) is 0 Å². The van der Waals surface area contributed by atoms with Gasteiger partial charge in [-0.2, -0.15) is 0 Å². The fraction of sp³-hybridized carbons (Fsp3) is 0.833. The second-order valence-corrected chi connectivity index (χ2v) is 2.61. The van der Waals surface area contributed by atoms with Gasteiger partial charge in [-0.1, -0.05) is 0 Å². The van der Waals surface area contributed by atoms with E-state index in [1.807, 2.05) is 0 Å². The topological polar surface area (TPSA) is 70.8 Å². The van der Waals surface area contributed by atoms with Crippen LogP contribution in [0.5, 0.6) is 0 Å². The van der Waals surface area contributed by atoms with Crippen molar-refractivity contribution in [2.45, 2.75) is 18.3 Å². The Labute approximate surface area is 63.4 Å². The molecule has 11 heavy (non-hydrogen) atoms. The minimum atomic E-state index is -0.623. The number of hydrogen-bond donors (Lipinski definition) is 1. The first kappa shape index (κ1) is 7.02. The van der Waals surface area contributed by atoms with E-state index in [2.05, 4.69) is 0 Å². The van der Waals surface area contributed by atoms with E-state index in [0.717, 1.165) is 0 Å². The summed E-state index contributed by atoms with van der Waals surface area (Å²) in [6.07, 6.45) is -1.01. The predicted octanol–water partition coefficient (Wildman–Crippen LogP) is -1.39. The second-order valence-electron chi connectivity index (χ2n) is 2.61. The Balaban J connectivity index is 2.08. The van der Waals surface area contributed by atoms with Crippen LogP contribution in [0.25, 0.3) is 0 Å². The summed E-state index contributed by atoms with van der Waals surface area (Å²) in [7, 11) is 0. The number of rotatable bonds is 1. The number of primary amides is 1. The molecule has 3 unspecified atom stereocenters. The molecular weight excluding hydrogens is 150 g/mol. The first-order valence-corrected chi connectivity index (χ1v) is 3.43.